The van der Waals surface area contributed by atoms with Gasteiger partial charge in [0.2, 0.25) is 9.84 Å². The number of anilines is 1. The van der Waals surface area contributed by atoms with Crippen LogP contribution >= 0.6 is 0 Å². The largest absolute Gasteiger partial charge is 0.398 e. The normalized spacial score (nSPS) is 22.0. The molecule has 6 heteroatoms. The van der Waals surface area contributed by atoms with Crippen LogP contribution in [0.5, 0.6) is 0 Å². The number of nitrogens with zero attached hydrogens (tertiary/aromatic N) is 1. The van der Waals surface area contributed by atoms with E-state index >= 15 is 0 Å². The number of benzene rings is 1. The molecule has 1 aromatic carbocycles. The standard InChI is InChI=1S/C13H16N2O3S/c14-12-2-1-3-13-11(12)8-10(19(13,16)17)9-15-4-6-18-7-5-15/h1-3,8H,4-7,9,14H2. The van der Waals surface area contributed by atoms with Gasteiger partial charge in [-0.15, -0.1) is 0 Å². The van der Waals surface area contributed by atoms with Crippen LogP contribution in [-0.4, -0.2) is 46.2 Å². The van der Waals surface area contributed by atoms with Gasteiger partial charge in [-0.3, -0.25) is 4.90 Å². The Hall–Kier alpha value is -1.37. The van der Waals surface area contributed by atoms with E-state index in [0.29, 0.717) is 40.8 Å². The lowest BCUT2D eigenvalue weighted by Gasteiger charge is -2.26. The van der Waals surface area contributed by atoms with Gasteiger partial charge in [-0.2, -0.15) is 0 Å². The average Bonchev–Trinajstić information content (AvgIpc) is 2.65. The van der Waals surface area contributed by atoms with Crippen LogP contribution in [0.4, 0.5) is 5.69 Å². The fourth-order valence-electron chi connectivity index (χ4n) is 2.44. The van der Waals surface area contributed by atoms with Crippen LogP contribution in [0, 0.1) is 0 Å². The second-order valence-corrected chi connectivity index (χ2v) is 6.73. The summed E-state index contributed by atoms with van der Waals surface area (Å²) in [6.45, 7) is 3.27. The predicted molar refractivity (Wildman–Crippen MR) is 73.3 cm³/mol. The minimum Gasteiger partial charge on any atom is -0.398 e. The Morgan fingerprint density at radius 2 is 2.00 bits per heavy atom. The van der Waals surface area contributed by atoms with Crippen molar-refractivity contribution in [3.05, 3.63) is 28.7 Å². The molecule has 0 radical (unpaired) electrons. The lowest BCUT2D eigenvalue weighted by molar-refractivity contribution is 0.0430. The SMILES string of the molecule is Nc1cccc2c1C=C(CN1CCOCC1)S2(=O)=O. The zero-order valence-electron chi connectivity index (χ0n) is 10.5. The van der Waals surface area contributed by atoms with E-state index in [9.17, 15) is 8.42 Å². The number of nitrogen functional groups attached to an aromatic ring is 1. The number of hydrogen-bond acceptors (Lipinski definition) is 5. The summed E-state index contributed by atoms with van der Waals surface area (Å²) in [5.74, 6) is 0. The first-order valence-corrected chi connectivity index (χ1v) is 7.71. The number of fused-ring (bicyclic) bond motifs is 1. The number of morpholine rings is 1. The lowest BCUT2D eigenvalue weighted by Crippen LogP contribution is -2.38. The van der Waals surface area contributed by atoms with E-state index in [-0.39, 0.29) is 0 Å². The third-order valence-corrected chi connectivity index (χ3v) is 5.40. The summed E-state index contributed by atoms with van der Waals surface area (Å²) in [6, 6.07) is 5.02. The number of rotatable bonds is 2. The highest BCUT2D eigenvalue weighted by Gasteiger charge is 2.31. The van der Waals surface area contributed by atoms with Crippen LogP contribution in [0.3, 0.4) is 0 Å². The zero-order chi connectivity index (χ0) is 13.5. The summed E-state index contributed by atoms with van der Waals surface area (Å²) in [7, 11) is -3.37. The molecule has 0 amide bonds. The van der Waals surface area contributed by atoms with Gasteiger partial charge in [0.15, 0.2) is 0 Å². The smallest absolute Gasteiger partial charge is 0.204 e. The van der Waals surface area contributed by atoms with Gasteiger partial charge in [0.25, 0.3) is 0 Å². The van der Waals surface area contributed by atoms with Crippen LogP contribution in [0.2, 0.25) is 0 Å². The molecule has 0 unspecified atom stereocenters. The van der Waals surface area contributed by atoms with Crippen LogP contribution in [0.25, 0.3) is 6.08 Å². The summed E-state index contributed by atoms with van der Waals surface area (Å²) >= 11 is 0. The van der Waals surface area contributed by atoms with E-state index in [4.69, 9.17) is 10.5 Å². The number of ether oxygens (including phenoxy) is 1. The first-order chi connectivity index (χ1) is 9.09. The second kappa shape index (κ2) is 4.63. The van der Waals surface area contributed by atoms with Crippen molar-refractivity contribution in [3.8, 4) is 0 Å². The molecular formula is C13H16N2O3S. The quantitative estimate of drug-likeness (QED) is 0.809. The molecule has 0 spiro atoms. The summed E-state index contributed by atoms with van der Waals surface area (Å²) < 4.78 is 30.1. The molecule has 0 aliphatic carbocycles. The fraction of sp³-hybridized carbons (Fsp3) is 0.385. The van der Waals surface area contributed by atoms with E-state index < -0.39 is 9.84 Å². The minimum absolute atomic E-state index is 0.329. The van der Waals surface area contributed by atoms with E-state index in [2.05, 4.69) is 4.90 Å². The maximum atomic E-state index is 12.4. The highest BCUT2D eigenvalue weighted by atomic mass is 32.2. The summed E-state index contributed by atoms with van der Waals surface area (Å²) in [5.41, 5.74) is 6.99. The van der Waals surface area contributed by atoms with Gasteiger partial charge >= 0.3 is 0 Å². The monoisotopic (exact) mass is 280 g/mol. The first-order valence-electron chi connectivity index (χ1n) is 6.23. The maximum absolute atomic E-state index is 12.4. The van der Waals surface area contributed by atoms with Crippen molar-refractivity contribution >= 4 is 21.6 Å². The van der Waals surface area contributed by atoms with Crippen molar-refractivity contribution in [2.45, 2.75) is 4.90 Å². The molecule has 0 bridgehead atoms. The molecule has 1 saturated heterocycles. The summed E-state index contributed by atoms with van der Waals surface area (Å²) in [4.78, 5) is 2.85. The molecule has 19 heavy (non-hydrogen) atoms. The van der Waals surface area contributed by atoms with E-state index in [1.807, 2.05) is 0 Å². The van der Waals surface area contributed by atoms with Gasteiger partial charge in [-0.05, 0) is 18.2 Å². The Labute approximate surface area is 112 Å². The molecule has 0 atom stereocenters. The number of sulfone groups is 1. The minimum atomic E-state index is -3.37. The van der Waals surface area contributed by atoms with Crippen molar-refractivity contribution in [1.29, 1.82) is 0 Å². The van der Waals surface area contributed by atoms with E-state index in [1.54, 1.807) is 24.3 Å². The number of nitrogens with two attached hydrogens (primary N) is 1. The lowest BCUT2D eigenvalue weighted by atomic mass is 10.1. The van der Waals surface area contributed by atoms with Gasteiger partial charge < -0.3 is 10.5 Å². The highest BCUT2D eigenvalue weighted by Crippen LogP contribution is 2.36. The Bertz CT molecular complexity index is 631. The Kier molecular flexibility index (Phi) is 3.08. The third-order valence-electron chi connectivity index (χ3n) is 3.52. The van der Waals surface area contributed by atoms with Crippen LogP contribution in [0.1, 0.15) is 5.56 Å². The van der Waals surface area contributed by atoms with Gasteiger partial charge in [0, 0.05) is 30.9 Å². The maximum Gasteiger partial charge on any atom is 0.204 e. The molecule has 5 nitrogen and oxygen atoms in total. The molecule has 2 aliphatic rings. The van der Waals surface area contributed by atoms with Crippen LogP contribution < -0.4 is 5.73 Å². The Balaban J connectivity index is 1.92. The topological polar surface area (TPSA) is 72.6 Å². The van der Waals surface area contributed by atoms with E-state index in [0.717, 1.165) is 13.1 Å². The molecule has 1 fully saturated rings. The van der Waals surface area contributed by atoms with Crippen LogP contribution in [0.15, 0.2) is 28.0 Å². The van der Waals surface area contributed by atoms with Crippen LogP contribution in [-0.2, 0) is 14.6 Å². The molecule has 0 aromatic heterocycles. The molecule has 2 aliphatic heterocycles. The molecule has 0 saturated carbocycles. The zero-order valence-corrected chi connectivity index (χ0v) is 11.3. The highest BCUT2D eigenvalue weighted by molar-refractivity contribution is 7.95. The van der Waals surface area contributed by atoms with E-state index in [1.165, 1.54) is 0 Å². The van der Waals surface area contributed by atoms with Crippen molar-refractivity contribution in [2.24, 2.45) is 0 Å². The summed E-state index contributed by atoms with van der Waals surface area (Å²) in [5, 5.41) is 0. The average molecular weight is 280 g/mol. The van der Waals surface area contributed by atoms with Gasteiger partial charge in [0.05, 0.1) is 23.0 Å². The van der Waals surface area contributed by atoms with Gasteiger partial charge in [-0.25, -0.2) is 8.42 Å². The first kappa shape index (κ1) is 12.7. The molecule has 3 rings (SSSR count). The predicted octanol–water partition coefficient (Wildman–Crippen LogP) is 0.729. The van der Waals surface area contributed by atoms with Crippen molar-refractivity contribution < 1.29 is 13.2 Å². The van der Waals surface area contributed by atoms with Gasteiger partial charge in [0.1, 0.15) is 0 Å². The molecule has 2 N–H and O–H groups in total. The van der Waals surface area contributed by atoms with Crippen molar-refractivity contribution in [1.82, 2.24) is 4.90 Å². The Morgan fingerprint density at radius 3 is 2.68 bits per heavy atom. The third kappa shape index (κ3) is 2.16. The molecule has 2 heterocycles. The van der Waals surface area contributed by atoms with Crippen molar-refractivity contribution in [2.75, 3.05) is 38.6 Å². The molecular weight excluding hydrogens is 264 g/mol. The Morgan fingerprint density at radius 1 is 1.26 bits per heavy atom. The molecule has 1 aromatic rings. The fourth-order valence-corrected chi connectivity index (χ4v) is 4.07. The number of hydrogen-bond donors (Lipinski definition) is 1. The molecule has 102 valence electrons. The van der Waals surface area contributed by atoms with Crippen molar-refractivity contribution in [3.63, 3.8) is 0 Å². The summed E-state index contributed by atoms with van der Waals surface area (Å²) in [6.07, 6.45) is 1.70. The van der Waals surface area contributed by atoms with Gasteiger partial charge in [-0.1, -0.05) is 6.07 Å². The second-order valence-electron chi connectivity index (χ2n) is 4.76.